The highest BCUT2D eigenvalue weighted by molar-refractivity contribution is 6.50. The van der Waals surface area contributed by atoms with Crippen molar-refractivity contribution >= 4 is 44.8 Å². The first kappa shape index (κ1) is 24.6. The fraction of sp³-hybridized carbons (Fsp3) is 0.235. The van der Waals surface area contributed by atoms with Gasteiger partial charge in [0, 0.05) is 65.0 Å². The van der Waals surface area contributed by atoms with Gasteiger partial charge in [0.1, 0.15) is 0 Å². The van der Waals surface area contributed by atoms with Gasteiger partial charge in [-0.1, -0.05) is 66.7 Å². The summed E-state index contributed by atoms with van der Waals surface area (Å²) in [5.74, 6) is -0.273. The van der Waals surface area contributed by atoms with Crippen LogP contribution in [-0.2, 0) is 34.0 Å². The predicted molar refractivity (Wildman–Crippen MR) is 157 cm³/mol. The summed E-state index contributed by atoms with van der Waals surface area (Å²) in [6.45, 7) is 2.95. The topological polar surface area (TPSA) is 65.3 Å². The number of benzene rings is 3. The highest BCUT2D eigenvalue weighted by atomic mass is 16.5. The molecule has 0 radical (unpaired) electrons. The quantitative estimate of drug-likeness (QED) is 0.283. The zero-order chi connectivity index (χ0) is 27.1. The second-order valence-corrected chi connectivity index (χ2v) is 10.8. The monoisotopic (exact) mass is 529 g/mol. The lowest BCUT2D eigenvalue weighted by Gasteiger charge is -2.19. The molecule has 1 atom stereocenters. The van der Waals surface area contributed by atoms with E-state index in [0.717, 1.165) is 65.3 Å². The van der Waals surface area contributed by atoms with Gasteiger partial charge in [-0.05, 0) is 42.9 Å². The molecule has 2 aromatic heterocycles. The molecule has 200 valence electrons. The number of hydrogen-bond donors (Lipinski definition) is 1. The molecule has 3 aromatic carbocycles. The molecule has 0 spiro atoms. The van der Waals surface area contributed by atoms with Gasteiger partial charge in [0.05, 0.1) is 17.8 Å². The number of para-hydroxylation sites is 2. The lowest BCUT2D eigenvalue weighted by Crippen LogP contribution is -2.22. The molecular formula is C34H31N3O3. The van der Waals surface area contributed by atoms with Crippen LogP contribution in [0.2, 0.25) is 0 Å². The highest BCUT2D eigenvalue weighted by Gasteiger charge is 2.35. The zero-order valence-electron chi connectivity index (χ0n) is 22.3. The van der Waals surface area contributed by atoms with E-state index in [4.69, 9.17) is 4.74 Å². The molecule has 2 aliphatic heterocycles. The summed E-state index contributed by atoms with van der Waals surface area (Å²) in [6.07, 6.45) is 7.11. The molecule has 0 fully saturated rings. The molecule has 4 bridgehead atoms. The van der Waals surface area contributed by atoms with Crippen molar-refractivity contribution in [2.45, 2.75) is 39.0 Å². The average molecular weight is 530 g/mol. The summed E-state index contributed by atoms with van der Waals surface area (Å²) in [5.41, 5.74) is 5.87. The molecule has 0 aliphatic carbocycles. The Hall–Kier alpha value is -4.42. The number of nitrogens with zero attached hydrogens (tertiary/aromatic N) is 2. The lowest BCUT2D eigenvalue weighted by atomic mass is 9.95. The van der Waals surface area contributed by atoms with Crippen LogP contribution in [-0.4, -0.2) is 27.6 Å². The standard InChI is InChI=1S/C34H31N3O3/c38-33-31-27-19-36(29-14-6-4-12-25(27)29)17-8-11-24(22-40-21-23-9-2-1-3-10-23)16-18-37-20-28(32(31)34(39)35-33)26-13-5-7-15-30(26)37/h1-7,9-10,12-15,19-20,24H,8,11,16-18,21-22H2,(H,35,38,39). The molecule has 6 heteroatoms. The Morgan fingerprint density at radius 3 is 1.93 bits per heavy atom. The van der Waals surface area contributed by atoms with Crippen LogP contribution in [0.5, 0.6) is 0 Å². The van der Waals surface area contributed by atoms with Crippen molar-refractivity contribution in [3.63, 3.8) is 0 Å². The van der Waals surface area contributed by atoms with Gasteiger partial charge in [0.25, 0.3) is 11.8 Å². The van der Waals surface area contributed by atoms with Gasteiger partial charge in [-0.3, -0.25) is 14.9 Å². The van der Waals surface area contributed by atoms with Gasteiger partial charge in [0.2, 0.25) is 0 Å². The third-order valence-electron chi connectivity index (χ3n) is 8.30. The number of aryl methyl sites for hydroxylation is 2. The van der Waals surface area contributed by atoms with E-state index >= 15 is 0 Å². The summed E-state index contributed by atoms with van der Waals surface area (Å²) in [6, 6.07) is 26.6. The van der Waals surface area contributed by atoms with E-state index in [1.54, 1.807) is 0 Å². The Kier molecular flexibility index (Phi) is 6.33. The van der Waals surface area contributed by atoms with E-state index in [-0.39, 0.29) is 11.8 Å². The molecule has 5 aromatic rings. The summed E-state index contributed by atoms with van der Waals surface area (Å²) >= 11 is 0. The molecule has 40 heavy (non-hydrogen) atoms. The zero-order valence-corrected chi connectivity index (χ0v) is 22.3. The van der Waals surface area contributed by atoms with Crippen molar-refractivity contribution in [1.82, 2.24) is 14.5 Å². The van der Waals surface area contributed by atoms with Crippen LogP contribution >= 0.6 is 0 Å². The molecule has 4 heterocycles. The van der Waals surface area contributed by atoms with Gasteiger partial charge in [0.15, 0.2) is 0 Å². The Labute approximate surface area is 232 Å². The number of ether oxygens (including phenoxy) is 1. The van der Waals surface area contributed by atoms with E-state index in [9.17, 15) is 9.59 Å². The molecule has 0 saturated heterocycles. The van der Waals surface area contributed by atoms with Crippen molar-refractivity contribution in [2.75, 3.05) is 6.61 Å². The summed E-state index contributed by atoms with van der Waals surface area (Å²) in [4.78, 5) is 26.6. The Balaban J connectivity index is 1.32. The first-order chi connectivity index (χ1) is 19.7. The fourth-order valence-electron chi connectivity index (χ4n) is 6.33. The number of fused-ring (bicyclic) bond motifs is 12. The van der Waals surface area contributed by atoms with Crippen molar-refractivity contribution in [3.05, 3.63) is 108 Å². The molecule has 1 unspecified atom stereocenters. The summed E-state index contributed by atoms with van der Waals surface area (Å²) in [5, 5.41) is 4.56. The molecule has 2 aliphatic rings. The van der Waals surface area contributed by atoms with Crippen LogP contribution in [0.3, 0.4) is 0 Å². The third kappa shape index (κ3) is 4.34. The van der Waals surface area contributed by atoms with Gasteiger partial charge in [-0.2, -0.15) is 0 Å². The highest BCUT2D eigenvalue weighted by Crippen LogP contribution is 2.39. The molecule has 6 nitrogen and oxygen atoms in total. The van der Waals surface area contributed by atoms with Gasteiger partial charge in [-0.25, -0.2) is 0 Å². The van der Waals surface area contributed by atoms with E-state index in [1.807, 2.05) is 54.6 Å². The van der Waals surface area contributed by atoms with E-state index in [2.05, 4.69) is 51.1 Å². The number of carbonyl (C=O) groups excluding carboxylic acids is 2. The Morgan fingerprint density at radius 1 is 0.700 bits per heavy atom. The van der Waals surface area contributed by atoms with Crippen LogP contribution in [0.1, 0.15) is 36.0 Å². The number of carbonyl (C=O) groups is 2. The normalized spacial score (nSPS) is 17.8. The van der Waals surface area contributed by atoms with Crippen molar-refractivity contribution in [1.29, 1.82) is 0 Å². The number of amides is 2. The first-order valence-corrected chi connectivity index (χ1v) is 14.1. The van der Waals surface area contributed by atoms with Crippen LogP contribution in [0.4, 0.5) is 0 Å². The molecule has 1 N–H and O–H groups in total. The van der Waals surface area contributed by atoms with Crippen LogP contribution in [0.25, 0.3) is 33.0 Å². The smallest absolute Gasteiger partial charge is 0.259 e. The van der Waals surface area contributed by atoms with Gasteiger partial charge >= 0.3 is 0 Å². The Bertz CT molecular complexity index is 1780. The predicted octanol–water partition coefficient (Wildman–Crippen LogP) is 6.18. The SMILES string of the molecule is O=C1NC(=O)C2=C1c1cn(c3ccccc13)CCCC(COCc1ccccc1)CCn1cc2c2ccccc21. The maximum atomic E-state index is 13.3. The minimum Gasteiger partial charge on any atom is -0.376 e. The lowest BCUT2D eigenvalue weighted by molar-refractivity contribution is -0.122. The Morgan fingerprint density at radius 2 is 1.27 bits per heavy atom. The minimum atomic E-state index is -0.334. The minimum absolute atomic E-state index is 0.331. The van der Waals surface area contributed by atoms with Gasteiger partial charge < -0.3 is 13.9 Å². The van der Waals surface area contributed by atoms with Crippen LogP contribution in [0.15, 0.2) is 91.3 Å². The van der Waals surface area contributed by atoms with Crippen molar-refractivity contribution in [2.24, 2.45) is 5.92 Å². The number of nitrogens with one attached hydrogen (secondary N) is 1. The van der Waals surface area contributed by atoms with Gasteiger partial charge in [-0.15, -0.1) is 0 Å². The van der Waals surface area contributed by atoms with E-state index < -0.39 is 0 Å². The maximum Gasteiger partial charge on any atom is 0.259 e. The largest absolute Gasteiger partial charge is 0.376 e. The maximum absolute atomic E-state index is 13.3. The summed E-state index contributed by atoms with van der Waals surface area (Å²) < 4.78 is 10.7. The average Bonchev–Trinajstić information content (AvgIpc) is 3.62. The summed E-state index contributed by atoms with van der Waals surface area (Å²) in [7, 11) is 0. The van der Waals surface area contributed by atoms with Crippen LogP contribution < -0.4 is 5.32 Å². The number of aromatic nitrogens is 2. The van der Waals surface area contributed by atoms with Crippen molar-refractivity contribution in [3.8, 4) is 0 Å². The molecule has 7 rings (SSSR count). The van der Waals surface area contributed by atoms with E-state index in [1.165, 1.54) is 5.56 Å². The first-order valence-electron chi connectivity index (χ1n) is 14.1. The second kappa shape index (κ2) is 10.3. The molecule has 2 amide bonds. The molecular weight excluding hydrogens is 498 g/mol. The number of rotatable bonds is 4. The second-order valence-electron chi connectivity index (χ2n) is 10.8. The third-order valence-corrected chi connectivity index (χ3v) is 8.30. The fourth-order valence-corrected chi connectivity index (χ4v) is 6.33. The number of hydrogen-bond acceptors (Lipinski definition) is 3. The van der Waals surface area contributed by atoms with E-state index in [0.29, 0.717) is 30.3 Å². The van der Waals surface area contributed by atoms with Crippen molar-refractivity contribution < 1.29 is 14.3 Å². The number of imide groups is 1. The molecule has 0 saturated carbocycles. The van der Waals surface area contributed by atoms with Crippen LogP contribution in [0, 0.1) is 5.92 Å².